The molecule has 0 aliphatic heterocycles. The molecule has 0 radical (unpaired) electrons. The third kappa shape index (κ3) is 1.16. The second-order valence-electron chi connectivity index (χ2n) is 3.01. The van der Waals surface area contributed by atoms with E-state index in [0.29, 0.717) is 11.4 Å². The Morgan fingerprint density at radius 1 is 1.50 bits per heavy atom. The highest BCUT2D eigenvalue weighted by molar-refractivity contribution is 5.80. The van der Waals surface area contributed by atoms with E-state index in [9.17, 15) is 4.79 Å². The molecule has 0 fully saturated rings. The van der Waals surface area contributed by atoms with Crippen molar-refractivity contribution < 1.29 is 4.74 Å². The zero-order valence-corrected chi connectivity index (χ0v) is 8.00. The number of pyridine rings is 2. The van der Waals surface area contributed by atoms with Gasteiger partial charge in [0.25, 0.3) is 5.56 Å². The highest BCUT2D eigenvalue weighted by Gasteiger charge is 2.08. The Kier molecular flexibility index (Phi) is 1.96. The molecular weight excluding hydrogens is 180 g/mol. The normalized spacial score (nSPS) is 10.4. The molecule has 14 heavy (non-hydrogen) atoms. The first-order valence-electron chi connectivity index (χ1n) is 4.25. The molecule has 2 rings (SSSR count). The number of aryl methyl sites for hydroxylation is 1. The van der Waals surface area contributed by atoms with E-state index in [1.807, 2.05) is 19.1 Å². The Labute approximate surface area is 80.6 Å². The SMILES string of the molecule is COc1c(C)c2cccnc2[nH]c1=O. The van der Waals surface area contributed by atoms with Crippen LogP contribution in [0.5, 0.6) is 5.75 Å². The fourth-order valence-electron chi connectivity index (χ4n) is 1.51. The maximum atomic E-state index is 11.5. The van der Waals surface area contributed by atoms with Crippen molar-refractivity contribution in [3.8, 4) is 5.75 Å². The van der Waals surface area contributed by atoms with Crippen LogP contribution in [-0.4, -0.2) is 17.1 Å². The van der Waals surface area contributed by atoms with Gasteiger partial charge in [-0.2, -0.15) is 0 Å². The first-order valence-corrected chi connectivity index (χ1v) is 4.25. The van der Waals surface area contributed by atoms with Gasteiger partial charge >= 0.3 is 0 Å². The molecule has 1 N–H and O–H groups in total. The largest absolute Gasteiger partial charge is 0.491 e. The summed E-state index contributed by atoms with van der Waals surface area (Å²) in [6, 6.07) is 3.73. The van der Waals surface area contributed by atoms with Crippen molar-refractivity contribution in [2.24, 2.45) is 0 Å². The summed E-state index contributed by atoms with van der Waals surface area (Å²) in [6.07, 6.45) is 1.64. The van der Waals surface area contributed by atoms with Crippen LogP contribution in [0, 0.1) is 6.92 Å². The Morgan fingerprint density at radius 3 is 3.00 bits per heavy atom. The van der Waals surface area contributed by atoms with E-state index in [4.69, 9.17) is 4.74 Å². The second kappa shape index (κ2) is 3.14. The molecule has 2 aromatic rings. The van der Waals surface area contributed by atoms with Crippen LogP contribution < -0.4 is 10.3 Å². The number of fused-ring (bicyclic) bond motifs is 1. The lowest BCUT2D eigenvalue weighted by molar-refractivity contribution is 0.406. The maximum absolute atomic E-state index is 11.5. The minimum absolute atomic E-state index is 0.240. The van der Waals surface area contributed by atoms with Gasteiger partial charge in [0.15, 0.2) is 5.75 Å². The number of hydrogen-bond acceptors (Lipinski definition) is 3. The summed E-state index contributed by atoms with van der Waals surface area (Å²) in [6.45, 7) is 1.85. The molecule has 2 aromatic heterocycles. The summed E-state index contributed by atoms with van der Waals surface area (Å²) in [7, 11) is 1.49. The summed E-state index contributed by atoms with van der Waals surface area (Å²) in [5.41, 5.74) is 1.17. The Morgan fingerprint density at radius 2 is 2.29 bits per heavy atom. The molecule has 72 valence electrons. The molecule has 0 atom stereocenters. The Bertz CT molecular complexity index is 531. The van der Waals surface area contributed by atoms with E-state index in [1.165, 1.54) is 7.11 Å². The van der Waals surface area contributed by atoms with E-state index in [1.54, 1.807) is 6.20 Å². The minimum atomic E-state index is -0.240. The zero-order valence-electron chi connectivity index (χ0n) is 8.00. The summed E-state index contributed by atoms with van der Waals surface area (Å²) in [5, 5.41) is 0.906. The van der Waals surface area contributed by atoms with Gasteiger partial charge in [-0.3, -0.25) is 4.79 Å². The smallest absolute Gasteiger partial charge is 0.292 e. The van der Waals surface area contributed by atoms with Crippen LogP contribution in [0.1, 0.15) is 5.56 Å². The monoisotopic (exact) mass is 190 g/mol. The molecule has 0 aromatic carbocycles. The number of aromatic nitrogens is 2. The lowest BCUT2D eigenvalue weighted by Gasteiger charge is -2.05. The van der Waals surface area contributed by atoms with Crippen molar-refractivity contribution >= 4 is 11.0 Å². The third-order valence-electron chi connectivity index (χ3n) is 2.19. The highest BCUT2D eigenvalue weighted by Crippen LogP contribution is 2.19. The van der Waals surface area contributed by atoms with Gasteiger partial charge in [-0.1, -0.05) is 0 Å². The quantitative estimate of drug-likeness (QED) is 0.736. The predicted octanol–water partition coefficient (Wildman–Crippen LogP) is 1.24. The minimum Gasteiger partial charge on any atom is -0.491 e. The van der Waals surface area contributed by atoms with Crippen molar-refractivity contribution in [3.05, 3.63) is 34.2 Å². The first-order chi connectivity index (χ1) is 6.74. The number of hydrogen-bond donors (Lipinski definition) is 1. The first kappa shape index (κ1) is 8.74. The predicted molar refractivity (Wildman–Crippen MR) is 53.7 cm³/mol. The van der Waals surface area contributed by atoms with Gasteiger partial charge in [0, 0.05) is 17.1 Å². The van der Waals surface area contributed by atoms with Crippen LogP contribution in [-0.2, 0) is 0 Å². The van der Waals surface area contributed by atoms with Gasteiger partial charge in [0.2, 0.25) is 0 Å². The van der Waals surface area contributed by atoms with Crippen LogP contribution in [0.25, 0.3) is 11.0 Å². The maximum Gasteiger partial charge on any atom is 0.292 e. The fourth-order valence-corrected chi connectivity index (χ4v) is 1.51. The van der Waals surface area contributed by atoms with Crippen molar-refractivity contribution in [1.29, 1.82) is 0 Å². The van der Waals surface area contributed by atoms with Crippen LogP contribution in [0.15, 0.2) is 23.1 Å². The number of nitrogens with zero attached hydrogens (tertiary/aromatic N) is 1. The molecular formula is C10H10N2O2. The van der Waals surface area contributed by atoms with Gasteiger partial charge < -0.3 is 9.72 Å². The number of rotatable bonds is 1. The molecule has 0 saturated carbocycles. The highest BCUT2D eigenvalue weighted by atomic mass is 16.5. The molecule has 0 unspecified atom stereocenters. The molecule has 4 heteroatoms. The average Bonchev–Trinajstić information content (AvgIpc) is 2.18. The van der Waals surface area contributed by atoms with Crippen LogP contribution in [0.2, 0.25) is 0 Å². The number of methoxy groups -OCH3 is 1. The number of aromatic amines is 1. The van der Waals surface area contributed by atoms with Gasteiger partial charge in [-0.05, 0) is 19.1 Å². The van der Waals surface area contributed by atoms with Crippen LogP contribution in [0.3, 0.4) is 0 Å². The van der Waals surface area contributed by atoms with E-state index in [0.717, 1.165) is 10.9 Å². The van der Waals surface area contributed by atoms with Gasteiger partial charge in [0.1, 0.15) is 5.65 Å². The molecule has 0 saturated heterocycles. The summed E-state index contributed by atoms with van der Waals surface area (Å²) in [4.78, 5) is 18.2. The lowest BCUT2D eigenvalue weighted by atomic mass is 10.1. The number of H-pyrrole nitrogens is 1. The number of nitrogens with one attached hydrogen (secondary N) is 1. The van der Waals surface area contributed by atoms with Gasteiger partial charge in [0.05, 0.1) is 7.11 Å². The Hall–Kier alpha value is -1.84. The summed E-state index contributed by atoms with van der Waals surface area (Å²) < 4.78 is 5.01. The molecule has 0 aliphatic carbocycles. The molecule has 0 aliphatic rings. The van der Waals surface area contributed by atoms with Crippen molar-refractivity contribution in [1.82, 2.24) is 9.97 Å². The second-order valence-corrected chi connectivity index (χ2v) is 3.01. The third-order valence-corrected chi connectivity index (χ3v) is 2.19. The van der Waals surface area contributed by atoms with Crippen molar-refractivity contribution in [3.63, 3.8) is 0 Å². The molecule has 0 spiro atoms. The lowest BCUT2D eigenvalue weighted by Crippen LogP contribution is -2.11. The molecule has 0 bridgehead atoms. The standard InChI is InChI=1S/C10H10N2O2/c1-6-7-4-3-5-11-9(7)12-10(13)8(6)14-2/h3-5H,1-2H3,(H,11,12,13). The van der Waals surface area contributed by atoms with Crippen LogP contribution in [0.4, 0.5) is 0 Å². The Balaban J connectivity index is 2.93. The van der Waals surface area contributed by atoms with Gasteiger partial charge in [-0.25, -0.2) is 4.98 Å². The summed E-state index contributed by atoms with van der Waals surface area (Å²) in [5.74, 6) is 0.352. The van der Waals surface area contributed by atoms with Crippen molar-refractivity contribution in [2.75, 3.05) is 7.11 Å². The molecule has 4 nitrogen and oxygen atoms in total. The number of ether oxygens (including phenoxy) is 1. The average molecular weight is 190 g/mol. The van der Waals surface area contributed by atoms with Crippen molar-refractivity contribution in [2.45, 2.75) is 6.92 Å². The molecule has 2 heterocycles. The topological polar surface area (TPSA) is 55.0 Å². The summed E-state index contributed by atoms with van der Waals surface area (Å²) >= 11 is 0. The zero-order chi connectivity index (χ0) is 10.1. The van der Waals surface area contributed by atoms with E-state index >= 15 is 0 Å². The van der Waals surface area contributed by atoms with E-state index in [2.05, 4.69) is 9.97 Å². The van der Waals surface area contributed by atoms with E-state index < -0.39 is 0 Å². The molecule has 0 amide bonds. The van der Waals surface area contributed by atoms with E-state index in [-0.39, 0.29) is 5.56 Å². The fraction of sp³-hybridized carbons (Fsp3) is 0.200. The van der Waals surface area contributed by atoms with Gasteiger partial charge in [-0.15, -0.1) is 0 Å². The van der Waals surface area contributed by atoms with Crippen LogP contribution >= 0.6 is 0 Å².